The number of nitrogens with zero attached hydrogens (tertiary/aromatic N) is 2. The molecule has 1 aromatic rings. The summed E-state index contributed by atoms with van der Waals surface area (Å²) in [5, 5.41) is 0. The lowest BCUT2D eigenvalue weighted by Gasteiger charge is -1.99. The van der Waals surface area contributed by atoms with E-state index in [1.54, 1.807) is 0 Å². The second-order valence-corrected chi connectivity index (χ2v) is 1.86. The molecule has 1 rings (SSSR count). The summed E-state index contributed by atoms with van der Waals surface area (Å²) in [4.78, 5) is 5.98. The van der Waals surface area contributed by atoms with Gasteiger partial charge in [-0.25, -0.2) is 27.5 Å². The molecule has 12 heavy (non-hydrogen) atoms. The molecule has 0 unspecified atom stereocenters. The minimum absolute atomic E-state index is 0.760. The first-order valence-electron chi connectivity index (χ1n) is 2.92. The van der Waals surface area contributed by atoms with Crippen molar-refractivity contribution >= 4 is 0 Å². The van der Waals surface area contributed by atoms with Crippen LogP contribution in [0, 0.1) is 6.07 Å². The van der Waals surface area contributed by atoms with Gasteiger partial charge in [-0.2, -0.15) is 0 Å². The van der Waals surface area contributed by atoms with Crippen molar-refractivity contribution < 1.29 is 17.6 Å². The average molecular weight is 179 g/mol. The zero-order chi connectivity index (χ0) is 9.14. The summed E-state index contributed by atoms with van der Waals surface area (Å²) in [5.74, 6) is -0.899. The highest BCUT2D eigenvalue weighted by Crippen LogP contribution is 2.18. The molecule has 0 aliphatic heterocycles. The van der Waals surface area contributed by atoms with Crippen LogP contribution in [0.5, 0.6) is 0 Å². The summed E-state index contributed by atoms with van der Waals surface area (Å²) in [5.41, 5.74) is -0.805. The van der Waals surface area contributed by atoms with Crippen molar-refractivity contribution in [2.24, 2.45) is 0 Å². The minimum Gasteiger partial charge on any atom is -0.235 e. The fourth-order valence-electron chi connectivity index (χ4n) is 0.566. The monoisotopic (exact) mass is 179 g/mol. The number of hydrogen-bond donors (Lipinski definition) is 0. The van der Waals surface area contributed by atoms with E-state index in [2.05, 4.69) is 9.97 Å². The molecule has 0 saturated heterocycles. The predicted octanol–water partition coefficient (Wildman–Crippen LogP) is 2.15. The second-order valence-electron chi connectivity index (χ2n) is 1.86. The van der Waals surface area contributed by atoms with Crippen LogP contribution in [-0.2, 0) is 0 Å². The van der Waals surface area contributed by atoms with Gasteiger partial charge in [0.2, 0.25) is 0 Å². The topological polar surface area (TPSA) is 25.8 Å². The van der Waals surface area contributed by atoms with E-state index in [0.717, 1.165) is 6.20 Å². The fourth-order valence-corrected chi connectivity index (χ4v) is 0.566. The first-order chi connectivity index (χ1) is 5.61. The molecule has 65 valence electrons. The third kappa shape index (κ3) is 1.90. The standard InChI is InChI=1S/C6H3F4N2/c7-4(8)3-1-2-11-6(12-3)5(9)10/h2,4-5H. The van der Waals surface area contributed by atoms with E-state index >= 15 is 0 Å². The smallest absolute Gasteiger partial charge is 0.235 e. The minimum atomic E-state index is -2.93. The van der Waals surface area contributed by atoms with Crippen LogP contribution in [0.2, 0.25) is 0 Å². The van der Waals surface area contributed by atoms with Crippen molar-refractivity contribution in [1.29, 1.82) is 0 Å². The van der Waals surface area contributed by atoms with Crippen LogP contribution in [0.3, 0.4) is 0 Å². The maximum Gasteiger partial charge on any atom is 0.297 e. The zero-order valence-corrected chi connectivity index (χ0v) is 5.64. The molecule has 0 aliphatic rings. The van der Waals surface area contributed by atoms with Crippen molar-refractivity contribution in [2.45, 2.75) is 12.9 Å². The van der Waals surface area contributed by atoms with Crippen LogP contribution < -0.4 is 0 Å². The van der Waals surface area contributed by atoms with Gasteiger partial charge >= 0.3 is 0 Å². The van der Waals surface area contributed by atoms with E-state index in [-0.39, 0.29) is 0 Å². The SMILES string of the molecule is FC(F)c1[c]cnc(C(F)F)n1. The molecule has 0 N–H and O–H groups in total. The van der Waals surface area contributed by atoms with E-state index in [1.807, 2.05) is 6.07 Å². The Bertz CT molecular complexity index is 240. The summed E-state index contributed by atoms with van der Waals surface area (Å²) in [7, 11) is 0. The van der Waals surface area contributed by atoms with Gasteiger partial charge in [-0.15, -0.1) is 0 Å². The van der Waals surface area contributed by atoms with Gasteiger partial charge in [-0.3, -0.25) is 0 Å². The quantitative estimate of drug-likeness (QED) is 0.650. The van der Waals surface area contributed by atoms with Crippen molar-refractivity contribution in [2.75, 3.05) is 0 Å². The highest BCUT2D eigenvalue weighted by molar-refractivity contribution is 5.02. The Morgan fingerprint density at radius 3 is 2.33 bits per heavy atom. The maximum absolute atomic E-state index is 11.8. The third-order valence-corrected chi connectivity index (χ3v) is 1.05. The van der Waals surface area contributed by atoms with Gasteiger partial charge in [0.15, 0.2) is 5.82 Å². The Morgan fingerprint density at radius 1 is 1.17 bits per heavy atom. The molecule has 0 aromatic carbocycles. The number of hydrogen-bond acceptors (Lipinski definition) is 2. The van der Waals surface area contributed by atoms with E-state index in [9.17, 15) is 17.6 Å². The van der Waals surface area contributed by atoms with Crippen LogP contribution in [0.15, 0.2) is 6.20 Å². The number of alkyl halides is 4. The van der Waals surface area contributed by atoms with Gasteiger partial charge in [0.1, 0.15) is 5.69 Å². The number of rotatable bonds is 2. The fraction of sp³-hybridized carbons (Fsp3) is 0.333. The van der Waals surface area contributed by atoms with Gasteiger partial charge in [0, 0.05) is 12.3 Å². The molecule has 0 amide bonds. The summed E-state index contributed by atoms with van der Waals surface area (Å²) < 4.78 is 47.3. The van der Waals surface area contributed by atoms with Gasteiger partial charge in [0.25, 0.3) is 12.9 Å². The molecule has 1 radical (unpaired) electrons. The molecule has 0 fully saturated rings. The molecule has 1 aromatic heterocycles. The van der Waals surface area contributed by atoms with Gasteiger partial charge < -0.3 is 0 Å². The molecule has 0 spiro atoms. The largest absolute Gasteiger partial charge is 0.297 e. The van der Waals surface area contributed by atoms with Crippen LogP contribution in [0.1, 0.15) is 24.4 Å². The Hall–Kier alpha value is -1.20. The molecule has 2 nitrogen and oxygen atoms in total. The van der Waals surface area contributed by atoms with Crippen molar-refractivity contribution in [3.05, 3.63) is 23.8 Å². The molecular weight excluding hydrogens is 176 g/mol. The van der Waals surface area contributed by atoms with Crippen molar-refractivity contribution in [1.82, 2.24) is 9.97 Å². The molecule has 0 atom stereocenters. The summed E-state index contributed by atoms with van der Waals surface area (Å²) in [6, 6.07) is 1.96. The molecule has 0 aliphatic carbocycles. The van der Waals surface area contributed by atoms with E-state index < -0.39 is 24.4 Å². The Morgan fingerprint density at radius 2 is 1.83 bits per heavy atom. The first kappa shape index (κ1) is 8.89. The average Bonchev–Trinajstić information content (AvgIpc) is 2.04. The molecular formula is C6H3F4N2. The first-order valence-corrected chi connectivity index (χ1v) is 2.92. The lowest BCUT2D eigenvalue weighted by molar-refractivity contribution is 0.129. The Kier molecular flexibility index (Phi) is 2.57. The van der Waals surface area contributed by atoms with E-state index in [1.165, 1.54) is 0 Å². The van der Waals surface area contributed by atoms with Crippen LogP contribution in [0.4, 0.5) is 17.6 Å². The van der Waals surface area contributed by atoms with E-state index in [0.29, 0.717) is 0 Å². The second kappa shape index (κ2) is 3.46. The van der Waals surface area contributed by atoms with E-state index in [4.69, 9.17) is 0 Å². The molecule has 6 heteroatoms. The Balaban J connectivity index is 2.96. The zero-order valence-electron chi connectivity index (χ0n) is 5.64. The van der Waals surface area contributed by atoms with Crippen molar-refractivity contribution in [3.63, 3.8) is 0 Å². The van der Waals surface area contributed by atoms with Gasteiger partial charge in [-0.1, -0.05) is 0 Å². The number of halogens is 4. The highest BCUT2D eigenvalue weighted by Gasteiger charge is 2.15. The van der Waals surface area contributed by atoms with Gasteiger partial charge in [-0.05, 0) is 0 Å². The third-order valence-electron chi connectivity index (χ3n) is 1.05. The number of aromatic nitrogens is 2. The van der Waals surface area contributed by atoms with Crippen LogP contribution >= 0.6 is 0 Å². The van der Waals surface area contributed by atoms with Gasteiger partial charge in [0.05, 0.1) is 0 Å². The molecule has 1 heterocycles. The summed E-state index contributed by atoms with van der Waals surface area (Å²) >= 11 is 0. The highest BCUT2D eigenvalue weighted by atomic mass is 19.3. The normalized spacial score (nSPS) is 11.2. The van der Waals surface area contributed by atoms with Crippen LogP contribution in [-0.4, -0.2) is 9.97 Å². The van der Waals surface area contributed by atoms with Crippen LogP contribution in [0.25, 0.3) is 0 Å². The predicted molar refractivity (Wildman–Crippen MR) is 30.8 cm³/mol. The van der Waals surface area contributed by atoms with Crippen molar-refractivity contribution in [3.8, 4) is 0 Å². The lowest BCUT2D eigenvalue weighted by Crippen LogP contribution is -1.99. The summed E-state index contributed by atoms with van der Waals surface area (Å²) in [6.07, 6.45) is -5.07. The molecule has 0 bridgehead atoms. The molecule has 0 saturated carbocycles. The lowest BCUT2D eigenvalue weighted by atomic mass is 10.4. The maximum atomic E-state index is 11.8. The summed E-state index contributed by atoms with van der Waals surface area (Å²) in [6.45, 7) is 0. The Labute approximate surface area is 65.3 Å².